The van der Waals surface area contributed by atoms with Gasteiger partial charge in [-0.3, -0.25) is 18.8 Å². The fourth-order valence-electron chi connectivity index (χ4n) is 6.35. The molecule has 0 spiro atoms. The van der Waals surface area contributed by atoms with Crippen LogP contribution in [0.25, 0.3) is 10.9 Å². The van der Waals surface area contributed by atoms with E-state index in [-0.39, 0.29) is 22.1 Å². The van der Waals surface area contributed by atoms with Crippen molar-refractivity contribution in [2.24, 2.45) is 18.9 Å². The number of hydrogen-bond acceptors (Lipinski definition) is 9. The van der Waals surface area contributed by atoms with Gasteiger partial charge in [0.1, 0.15) is 5.15 Å². The summed E-state index contributed by atoms with van der Waals surface area (Å²) in [5, 5.41) is 8.58. The van der Waals surface area contributed by atoms with E-state index in [1.807, 2.05) is 41.6 Å². The maximum atomic E-state index is 13.7. The number of nitrogens with one attached hydrogen (secondary N) is 2. The molecule has 1 saturated heterocycles. The number of anilines is 2. The molecule has 3 aromatic heterocycles. The first kappa shape index (κ1) is 30.1. The molecular weight excluding hydrogens is 604 g/mol. The van der Waals surface area contributed by atoms with Crippen LogP contribution in [0.1, 0.15) is 66.1 Å². The molecule has 4 heterocycles. The maximum Gasteiger partial charge on any atom is 0.285 e. The number of piperidine rings is 1. The second-order valence-corrected chi connectivity index (χ2v) is 14.3. The molecule has 1 saturated carbocycles. The number of carbonyl (C=O) groups is 1. The van der Waals surface area contributed by atoms with Crippen molar-refractivity contribution in [1.29, 1.82) is 0 Å². The second-order valence-electron chi connectivity index (χ2n) is 12.2. The first-order valence-corrected chi connectivity index (χ1v) is 16.7. The average Bonchev–Trinajstić information content (AvgIpc) is 3.28. The van der Waals surface area contributed by atoms with Crippen LogP contribution in [-0.4, -0.2) is 58.0 Å². The number of rotatable bonds is 8. The van der Waals surface area contributed by atoms with Gasteiger partial charge in [0.15, 0.2) is 5.69 Å². The van der Waals surface area contributed by atoms with Gasteiger partial charge < -0.3 is 10.2 Å². The van der Waals surface area contributed by atoms with Gasteiger partial charge in [0.25, 0.3) is 11.5 Å². The first-order valence-electron chi connectivity index (χ1n) is 14.5. The highest BCUT2D eigenvalue weighted by atomic mass is 35.5. The van der Waals surface area contributed by atoms with E-state index < -0.39 is 22.0 Å². The molecule has 1 amide bonds. The lowest BCUT2D eigenvalue weighted by molar-refractivity contribution is 0.0977. The Morgan fingerprint density at radius 1 is 1.09 bits per heavy atom. The number of carbonyl (C=O) groups excluding carboxylic acids is 1. The number of pyridine rings is 1. The largest absolute Gasteiger partial charge is 0.377 e. The fraction of sp³-hybridized carbons (Fsp3) is 0.433. The van der Waals surface area contributed by atoms with Gasteiger partial charge >= 0.3 is 0 Å². The highest BCUT2D eigenvalue weighted by molar-refractivity contribution is 7.89. The molecule has 0 bridgehead atoms. The average molecular weight is 639 g/mol. The number of hydrogen-bond donors (Lipinski definition) is 2. The topological polar surface area (TPSA) is 144 Å². The lowest BCUT2D eigenvalue weighted by atomic mass is 10.0. The zero-order valence-corrected chi connectivity index (χ0v) is 26.9. The van der Waals surface area contributed by atoms with E-state index in [2.05, 4.69) is 35.1 Å². The van der Waals surface area contributed by atoms with Crippen molar-refractivity contribution >= 4 is 50.1 Å². The van der Waals surface area contributed by atoms with Crippen molar-refractivity contribution in [1.82, 2.24) is 29.0 Å². The van der Waals surface area contributed by atoms with Gasteiger partial charge in [-0.25, -0.2) is 23.1 Å². The van der Waals surface area contributed by atoms with Gasteiger partial charge in [-0.05, 0) is 69.4 Å². The van der Waals surface area contributed by atoms with Crippen LogP contribution in [0, 0.1) is 18.8 Å². The summed E-state index contributed by atoms with van der Waals surface area (Å²) in [4.78, 5) is 37.7. The van der Waals surface area contributed by atoms with Gasteiger partial charge in [-0.1, -0.05) is 17.7 Å². The van der Waals surface area contributed by atoms with Crippen molar-refractivity contribution in [3.63, 3.8) is 0 Å². The van der Waals surface area contributed by atoms with Crippen LogP contribution in [0.3, 0.4) is 0 Å². The Bertz CT molecular complexity index is 1960. The third-order valence-corrected chi connectivity index (χ3v) is 9.27. The summed E-state index contributed by atoms with van der Waals surface area (Å²) >= 11 is 6.04. The summed E-state index contributed by atoms with van der Waals surface area (Å²) in [6.45, 7) is 9.61. The van der Waals surface area contributed by atoms with E-state index in [1.54, 1.807) is 17.7 Å². The highest BCUT2D eigenvalue weighted by Gasteiger charge is 2.58. The Kier molecular flexibility index (Phi) is 7.44. The molecule has 2 fully saturated rings. The zero-order chi connectivity index (χ0) is 31.7. The second kappa shape index (κ2) is 10.9. The smallest absolute Gasteiger partial charge is 0.285 e. The standard InChI is InChI=1S/C30H35ClN8O4S/c1-15(2)39-10-9-22(35-39)25-20-13-38(14-21(20)25)30-34-26-18(11-16(3)12-19(26)29(41)37(30)5)17(4)32-23-7-8-24(31)33-27(23)28(40)36-44(6,42)43/h7-12,15,17,20-21,25,32H,13-14H2,1-6H3,(H,36,40)/t17-,20-,21+,25?/m1/s1. The van der Waals surface area contributed by atoms with E-state index in [1.165, 1.54) is 6.07 Å². The van der Waals surface area contributed by atoms with Crippen molar-refractivity contribution in [2.45, 2.75) is 45.7 Å². The molecule has 4 aromatic rings. The normalized spacial score (nSPS) is 20.2. The Balaban J connectivity index is 1.31. The molecule has 0 radical (unpaired) electrons. The molecule has 1 unspecified atom stereocenters. The molecule has 2 aliphatic rings. The SMILES string of the molecule is Cc1cc([C@@H](C)Nc2ccc(Cl)nc2C(=O)NS(C)(=O)=O)c2nc(N3C[C@@H]4C(c5ccn(C(C)C)n5)[C@@H]4C3)n(C)c(=O)c2c1. The van der Waals surface area contributed by atoms with E-state index in [0.717, 1.165) is 36.2 Å². The third-order valence-electron chi connectivity index (χ3n) is 8.50. The van der Waals surface area contributed by atoms with Crippen LogP contribution < -0.4 is 20.5 Å². The van der Waals surface area contributed by atoms with Crippen molar-refractivity contribution in [3.05, 3.63) is 74.6 Å². The summed E-state index contributed by atoms with van der Waals surface area (Å²) in [6, 6.07) is 8.86. The summed E-state index contributed by atoms with van der Waals surface area (Å²) in [5.74, 6) is 1.05. The predicted molar refractivity (Wildman–Crippen MR) is 170 cm³/mol. The number of nitrogens with zero attached hydrogens (tertiary/aromatic N) is 6. The Morgan fingerprint density at radius 3 is 2.43 bits per heavy atom. The summed E-state index contributed by atoms with van der Waals surface area (Å²) < 4.78 is 29.0. The predicted octanol–water partition coefficient (Wildman–Crippen LogP) is 3.78. The molecule has 1 aliphatic carbocycles. The molecule has 2 N–H and O–H groups in total. The first-order chi connectivity index (χ1) is 20.7. The van der Waals surface area contributed by atoms with Crippen LogP contribution in [-0.2, 0) is 17.1 Å². The van der Waals surface area contributed by atoms with E-state index in [4.69, 9.17) is 21.7 Å². The number of benzene rings is 1. The highest BCUT2D eigenvalue weighted by Crippen LogP contribution is 2.58. The number of halogens is 1. The monoisotopic (exact) mass is 638 g/mol. The molecule has 232 valence electrons. The molecular formula is C30H35ClN8O4S. The number of fused-ring (bicyclic) bond motifs is 2. The van der Waals surface area contributed by atoms with E-state index in [0.29, 0.717) is 40.6 Å². The third kappa shape index (κ3) is 5.54. The van der Waals surface area contributed by atoms with E-state index in [9.17, 15) is 18.0 Å². The molecule has 1 aromatic carbocycles. The lowest BCUT2D eigenvalue weighted by Crippen LogP contribution is -2.32. The molecule has 6 rings (SSSR count). The number of sulfonamides is 1. The number of amides is 1. The zero-order valence-electron chi connectivity index (χ0n) is 25.4. The van der Waals surface area contributed by atoms with Crippen LogP contribution in [0.5, 0.6) is 0 Å². The minimum atomic E-state index is -3.83. The van der Waals surface area contributed by atoms with Crippen LogP contribution in [0.15, 0.2) is 41.3 Å². The summed E-state index contributed by atoms with van der Waals surface area (Å²) in [6.07, 6.45) is 2.93. The quantitative estimate of drug-likeness (QED) is 0.276. The molecule has 14 heteroatoms. The van der Waals surface area contributed by atoms with Crippen molar-refractivity contribution < 1.29 is 13.2 Å². The Labute approximate surface area is 260 Å². The van der Waals surface area contributed by atoms with Gasteiger partial charge in [0.2, 0.25) is 16.0 Å². The fourth-order valence-corrected chi connectivity index (χ4v) is 6.93. The minimum Gasteiger partial charge on any atom is -0.377 e. The van der Waals surface area contributed by atoms with Gasteiger partial charge in [-0.2, -0.15) is 5.10 Å². The van der Waals surface area contributed by atoms with Crippen LogP contribution in [0.4, 0.5) is 11.6 Å². The summed E-state index contributed by atoms with van der Waals surface area (Å²) in [5.41, 5.74) is 3.30. The van der Waals surface area contributed by atoms with Gasteiger partial charge in [0, 0.05) is 43.9 Å². The minimum absolute atomic E-state index is 0.0387. The number of aromatic nitrogens is 5. The van der Waals surface area contributed by atoms with Crippen LogP contribution in [0.2, 0.25) is 5.15 Å². The number of aryl methyl sites for hydroxylation is 1. The van der Waals surface area contributed by atoms with Gasteiger partial charge in [0.05, 0.1) is 34.6 Å². The summed E-state index contributed by atoms with van der Waals surface area (Å²) in [7, 11) is -2.07. The van der Waals surface area contributed by atoms with Crippen molar-refractivity contribution in [3.8, 4) is 0 Å². The maximum absolute atomic E-state index is 13.7. The molecule has 4 atom stereocenters. The van der Waals surface area contributed by atoms with Crippen molar-refractivity contribution in [2.75, 3.05) is 29.6 Å². The molecule has 12 nitrogen and oxygen atoms in total. The molecule has 44 heavy (non-hydrogen) atoms. The van der Waals surface area contributed by atoms with Gasteiger partial charge in [-0.15, -0.1) is 0 Å². The van der Waals surface area contributed by atoms with E-state index >= 15 is 0 Å². The Morgan fingerprint density at radius 2 is 1.80 bits per heavy atom. The lowest BCUT2D eigenvalue weighted by Gasteiger charge is -2.25. The van der Waals surface area contributed by atoms with Crippen LogP contribution >= 0.6 is 11.6 Å². The Hall–Kier alpha value is -3.97. The molecule has 1 aliphatic heterocycles.